The normalized spacial score (nSPS) is 29.8. The van der Waals surface area contributed by atoms with Gasteiger partial charge in [-0.25, -0.2) is 0 Å². The van der Waals surface area contributed by atoms with Crippen molar-refractivity contribution in [1.29, 1.82) is 0 Å². The van der Waals surface area contributed by atoms with Crippen LogP contribution < -0.4 is 0 Å². The molecule has 3 rings (SSSR count). The molecule has 2 atom stereocenters. The number of likely N-dealkylation sites (tertiary alicyclic amines) is 2. The summed E-state index contributed by atoms with van der Waals surface area (Å²) in [5, 5.41) is 20.4. The Labute approximate surface area is 152 Å². The smallest absolute Gasteiger partial charge is 0.0642 e. The maximum Gasteiger partial charge on any atom is 0.0642 e. The van der Waals surface area contributed by atoms with E-state index in [1.54, 1.807) is 0 Å². The second-order valence-electron chi connectivity index (χ2n) is 8.04. The van der Waals surface area contributed by atoms with Gasteiger partial charge in [-0.2, -0.15) is 0 Å². The van der Waals surface area contributed by atoms with E-state index < -0.39 is 0 Å². The van der Waals surface area contributed by atoms with Crippen LogP contribution in [0, 0.1) is 5.41 Å². The van der Waals surface area contributed by atoms with Crippen molar-refractivity contribution in [1.82, 2.24) is 9.80 Å². The van der Waals surface area contributed by atoms with Crippen LogP contribution in [0.5, 0.6) is 0 Å². The Morgan fingerprint density at radius 3 is 2.44 bits per heavy atom. The van der Waals surface area contributed by atoms with Crippen LogP contribution in [0.4, 0.5) is 0 Å². The quantitative estimate of drug-likeness (QED) is 0.831. The van der Waals surface area contributed by atoms with Crippen molar-refractivity contribution in [2.24, 2.45) is 5.41 Å². The van der Waals surface area contributed by atoms with Gasteiger partial charge in [0, 0.05) is 31.1 Å². The Bertz CT molecular complexity index is 516. The lowest BCUT2D eigenvalue weighted by molar-refractivity contribution is -0.0941. The van der Waals surface area contributed by atoms with Gasteiger partial charge in [-0.3, -0.25) is 9.80 Å². The van der Waals surface area contributed by atoms with E-state index >= 15 is 0 Å². The molecule has 0 saturated carbocycles. The summed E-state index contributed by atoms with van der Waals surface area (Å²) in [5.41, 5.74) is 1.08. The molecule has 1 aromatic carbocycles. The first kappa shape index (κ1) is 18.8. The number of hydrogen-bond acceptors (Lipinski definition) is 4. The Morgan fingerprint density at radius 2 is 1.80 bits per heavy atom. The topological polar surface area (TPSA) is 46.9 Å². The molecule has 4 nitrogen and oxygen atoms in total. The molecule has 0 aromatic heterocycles. The highest BCUT2D eigenvalue weighted by Gasteiger charge is 2.43. The Kier molecular flexibility index (Phi) is 6.50. The lowest BCUT2D eigenvalue weighted by atomic mass is 9.74. The van der Waals surface area contributed by atoms with Crippen LogP contribution in [0.1, 0.15) is 44.6 Å². The minimum absolute atomic E-state index is 0.103. The molecule has 2 saturated heterocycles. The minimum Gasteiger partial charge on any atom is -0.396 e. The second kappa shape index (κ2) is 8.63. The molecule has 2 aliphatic heterocycles. The van der Waals surface area contributed by atoms with Crippen LogP contribution in [0.2, 0.25) is 0 Å². The number of nitrogens with zero attached hydrogens (tertiary/aromatic N) is 2. The van der Waals surface area contributed by atoms with Crippen molar-refractivity contribution in [3.05, 3.63) is 35.9 Å². The van der Waals surface area contributed by atoms with Crippen molar-refractivity contribution in [3.8, 4) is 0 Å². The summed E-state index contributed by atoms with van der Waals surface area (Å²) in [4.78, 5) is 5.11. The molecule has 4 heteroatoms. The lowest BCUT2D eigenvalue weighted by Gasteiger charge is -2.49. The zero-order chi connectivity index (χ0) is 17.7. The molecular weight excluding hydrogens is 312 g/mol. The standard InChI is InChI=1S/C21H34N2O2/c1-2-11-21(17-24)16-23(14-10-20(21)25)19-8-12-22(13-9-19)15-18-6-4-3-5-7-18/h3-7,19-20,24-25H,2,8-17H2,1H3/t20-,21-/m1/s1. The van der Waals surface area contributed by atoms with Gasteiger partial charge in [0.05, 0.1) is 12.7 Å². The van der Waals surface area contributed by atoms with Crippen LogP contribution >= 0.6 is 0 Å². The fourth-order valence-corrected chi connectivity index (χ4v) is 4.76. The van der Waals surface area contributed by atoms with Crippen LogP contribution in [-0.2, 0) is 6.54 Å². The molecule has 2 heterocycles. The first-order valence-corrected chi connectivity index (χ1v) is 9.96. The number of hydrogen-bond donors (Lipinski definition) is 2. The summed E-state index contributed by atoms with van der Waals surface area (Å²) >= 11 is 0. The van der Waals surface area contributed by atoms with Crippen LogP contribution in [-0.4, -0.2) is 64.9 Å². The van der Waals surface area contributed by atoms with Gasteiger partial charge >= 0.3 is 0 Å². The van der Waals surface area contributed by atoms with Crippen molar-refractivity contribution in [2.75, 3.05) is 32.8 Å². The molecule has 0 aliphatic carbocycles. The molecule has 0 radical (unpaired) electrons. The highest BCUT2D eigenvalue weighted by molar-refractivity contribution is 5.14. The molecule has 0 unspecified atom stereocenters. The van der Waals surface area contributed by atoms with Crippen LogP contribution in [0.15, 0.2) is 30.3 Å². The van der Waals surface area contributed by atoms with E-state index in [9.17, 15) is 10.2 Å². The van der Waals surface area contributed by atoms with Crippen LogP contribution in [0.25, 0.3) is 0 Å². The van der Waals surface area contributed by atoms with E-state index in [0.29, 0.717) is 6.04 Å². The summed E-state index contributed by atoms with van der Waals surface area (Å²) in [6, 6.07) is 11.3. The predicted octanol–water partition coefficient (Wildman–Crippen LogP) is 2.50. The first-order valence-electron chi connectivity index (χ1n) is 9.96. The molecule has 2 aliphatic rings. The van der Waals surface area contributed by atoms with Gasteiger partial charge < -0.3 is 10.2 Å². The molecule has 2 fully saturated rings. The molecule has 0 spiro atoms. The third kappa shape index (κ3) is 4.43. The second-order valence-corrected chi connectivity index (χ2v) is 8.04. The monoisotopic (exact) mass is 346 g/mol. The average molecular weight is 347 g/mol. The van der Waals surface area contributed by atoms with Gasteiger partial charge in [0.1, 0.15) is 0 Å². The number of aliphatic hydroxyl groups is 2. The predicted molar refractivity (Wildman–Crippen MR) is 101 cm³/mol. The van der Waals surface area contributed by atoms with Crippen molar-refractivity contribution in [2.45, 2.75) is 57.7 Å². The van der Waals surface area contributed by atoms with Crippen molar-refractivity contribution >= 4 is 0 Å². The van der Waals surface area contributed by atoms with E-state index in [1.807, 2.05) is 0 Å². The largest absolute Gasteiger partial charge is 0.396 e. The van der Waals surface area contributed by atoms with E-state index in [2.05, 4.69) is 47.1 Å². The van der Waals surface area contributed by atoms with Gasteiger partial charge in [0.2, 0.25) is 0 Å². The van der Waals surface area contributed by atoms with Crippen molar-refractivity contribution in [3.63, 3.8) is 0 Å². The van der Waals surface area contributed by atoms with E-state index in [0.717, 1.165) is 52.0 Å². The van der Waals surface area contributed by atoms with Gasteiger partial charge in [-0.15, -0.1) is 0 Å². The summed E-state index contributed by atoms with van der Waals surface area (Å²) in [7, 11) is 0. The maximum absolute atomic E-state index is 10.5. The summed E-state index contributed by atoms with van der Waals surface area (Å²) < 4.78 is 0. The van der Waals surface area contributed by atoms with E-state index in [4.69, 9.17) is 0 Å². The third-order valence-corrected chi connectivity index (χ3v) is 6.30. The highest BCUT2D eigenvalue weighted by Crippen LogP contribution is 2.36. The molecule has 1 aromatic rings. The minimum atomic E-state index is -0.355. The van der Waals surface area contributed by atoms with Gasteiger partial charge in [0.15, 0.2) is 0 Å². The molecule has 140 valence electrons. The number of benzene rings is 1. The first-order chi connectivity index (χ1) is 12.2. The number of piperidine rings is 2. The number of rotatable bonds is 6. The average Bonchev–Trinajstić information content (AvgIpc) is 2.65. The molecule has 0 amide bonds. The van der Waals surface area contributed by atoms with Gasteiger partial charge in [0.25, 0.3) is 0 Å². The third-order valence-electron chi connectivity index (χ3n) is 6.30. The zero-order valence-corrected chi connectivity index (χ0v) is 15.6. The Balaban J connectivity index is 1.54. The SMILES string of the molecule is CCC[C@]1(CO)CN(C2CCN(Cc3ccccc3)CC2)CC[C@H]1O. The Hall–Kier alpha value is -0.940. The van der Waals surface area contributed by atoms with Crippen LogP contribution in [0.3, 0.4) is 0 Å². The van der Waals surface area contributed by atoms with E-state index in [-0.39, 0.29) is 18.1 Å². The fourth-order valence-electron chi connectivity index (χ4n) is 4.76. The van der Waals surface area contributed by atoms with E-state index in [1.165, 1.54) is 18.4 Å². The molecule has 0 bridgehead atoms. The van der Waals surface area contributed by atoms with Crippen molar-refractivity contribution < 1.29 is 10.2 Å². The van der Waals surface area contributed by atoms with Gasteiger partial charge in [-0.1, -0.05) is 43.7 Å². The molecule has 2 N–H and O–H groups in total. The summed E-state index contributed by atoms with van der Waals surface area (Å²) in [5.74, 6) is 0. The summed E-state index contributed by atoms with van der Waals surface area (Å²) in [6.07, 6.45) is 4.75. The Morgan fingerprint density at radius 1 is 1.08 bits per heavy atom. The fraction of sp³-hybridized carbons (Fsp3) is 0.714. The lowest BCUT2D eigenvalue weighted by Crippen LogP contribution is -2.57. The van der Waals surface area contributed by atoms with Gasteiger partial charge in [-0.05, 0) is 44.3 Å². The maximum atomic E-state index is 10.5. The highest BCUT2D eigenvalue weighted by atomic mass is 16.3. The molecular formula is C21H34N2O2. The number of aliphatic hydroxyl groups excluding tert-OH is 2. The molecule has 25 heavy (non-hydrogen) atoms. The zero-order valence-electron chi connectivity index (χ0n) is 15.6. The summed E-state index contributed by atoms with van der Waals surface area (Å²) in [6.45, 7) is 7.38.